The van der Waals surface area contributed by atoms with Gasteiger partial charge in [0.05, 0.1) is 15.7 Å². The first-order chi connectivity index (χ1) is 4.75. The number of nitrogens with zero attached hydrogens (tertiary/aromatic N) is 1. The topological polar surface area (TPSA) is 12.9 Å². The number of hydrogen-bond donors (Lipinski definition) is 0. The minimum atomic E-state index is 0.529. The molecule has 1 aromatic heterocycles. The molecule has 0 aliphatic heterocycles. The van der Waals surface area contributed by atoms with Gasteiger partial charge in [-0.25, -0.2) is 0 Å². The Balaban J connectivity index is 3.14. The molecule has 0 bridgehead atoms. The molecule has 0 N–H and O–H groups in total. The zero-order valence-corrected chi connectivity index (χ0v) is 8.04. The highest BCUT2D eigenvalue weighted by Gasteiger charge is 2.02. The van der Waals surface area contributed by atoms with E-state index in [4.69, 9.17) is 23.2 Å². The molecule has 0 atom stereocenters. The number of pyridine rings is 1. The molecule has 10 heavy (non-hydrogen) atoms. The fraction of sp³-hybridized carbons (Fsp3) is 0.167. The molecular formula is C6H4BrCl2N. The van der Waals surface area contributed by atoms with E-state index in [1.807, 2.05) is 0 Å². The Morgan fingerprint density at radius 2 is 2.20 bits per heavy atom. The van der Waals surface area contributed by atoms with Crippen LogP contribution in [-0.2, 0) is 5.33 Å². The van der Waals surface area contributed by atoms with Gasteiger partial charge in [0, 0.05) is 11.5 Å². The van der Waals surface area contributed by atoms with Gasteiger partial charge < -0.3 is 0 Å². The van der Waals surface area contributed by atoms with Crippen LogP contribution in [-0.4, -0.2) is 4.98 Å². The van der Waals surface area contributed by atoms with Crippen molar-refractivity contribution in [1.82, 2.24) is 4.98 Å². The van der Waals surface area contributed by atoms with E-state index in [0.29, 0.717) is 15.4 Å². The molecule has 1 aromatic rings. The third-order valence-electron chi connectivity index (χ3n) is 1.04. The molecule has 0 saturated carbocycles. The van der Waals surface area contributed by atoms with Gasteiger partial charge in [0.15, 0.2) is 0 Å². The zero-order chi connectivity index (χ0) is 7.56. The first-order valence-corrected chi connectivity index (χ1v) is 4.48. The van der Waals surface area contributed by atoms with E-state index in [2.05, 4.69) is 20.9 Å². The van der Waals surface area contributed by atoms with Crippen molar-refractivity contribution in [3.05, 3.63) is 28.0 Å². The fourth-order valence-electron chi connectivity index (χ4n) is 0.554. The molecule has 1 nitrogen and oxygen atoms in total. The Morgan fingerprint density at radius 3 is 2.70 bits per heavy atom. The van der Waals surface area contributed by atoms with E-state index < -0.39 is 0 Å². The lowest BCUT2D eigenvalue weighted by molar-refractivity contribution is 1.19. The van der Waals surface area contributed by atoms with Gasteiger partial charge in [-0.3, -0.25) is 4.98 Å². The largest absolute Gasteiger partial charge is 0.259 e. The van der Waals surface area contributed by atoms with Crippen LogP contribution in [0.15, 0.2) is 12.3 Å². The summed E-state index contributed by atoms with van der Waals surface area (Å²) < 4.78 is 0. The van der Waals surface area contributed by atoms with E-state index in [0.717, 1.165) is 5.69 Å². The van der Waals surface area contributed by atoms with E-state index in [1.54, 1.807) is 12.3 Å². The number of alkyl halides is 1. The zero-order valence-electron chi connectivity index (χ0n) is 4.94. The molecule has 1 rings (SSSR count). The molecule has 1 heterocycles. The molecule has 0 unspecified atom stereocenters. The van der Waals surface area contributed by atoms with Gasteiger partial charge in [-0.1, -0.05) is 39.1 Å². The highest BCUT2D eigenvalue weighted by Crippen LogP contribution is 2.24. The van der Waals surface area contributed by atoms with Crippen molar-refractivity contribution in [3.8, 4) is 0 Å². The van der Waals surface area contributed by atoms with Gasteiger partial charge in [0.1, 0.15) is 0 Å². The third kappa shape index (κ3) is 1.62. The fourth-order valence-corrected chi connectivity index (χ4v) is 1.48. The smallest absolute Gasteiger partial charge is 0.0816 e. The Hall–Kier alpha value is 0.210. The maximum atomic E-state index is 5.77. The maximum Gasteiger partial charge on any atom is 0.0816 e. The molecule has 0 fully saturated rings. The van der Waals surface area contributed by atoms with Crippen molar-refractivity contribution in [1.29, 1.82) is 0 Å². The van der Waals surface area contributed by atoms with E-state index in [9.17, 15) is 0 Å². The van der Waals surface area contributed by atoms with Crippen LogP contribution in [0.3, 0.4) is 0 Å². The van der Waals surface area contributed by atoms with Crippen LogP contribution >= 0.6 is 39.1 Å². The predicted molar refractivity (Wildman–Crippen MR) is 46.9 cm³/mol. The highest BCUT2D eigenvalue weighted by atomic mass is 79.9. The van der Waals surface area contributed by atoms with E-state index >= 15 is 0 Å². The van der Waals surface area contributed by atoms with Crippen LogP contribution in [0.4, 0.5) is 0 Å². The summed E-state index contributed by atoms with van der Waals surface area (Å²) in [6.07, 6.45) is 1.63. The minimum Gasteiger partial charge on any atom is -0.259 e. The predicted octanol–water partition coefficient (Wildman–Crippen LogP) is 3.28. The summed E-state index contributed by atoms with van der Waals surface area (Å²) in [6.45, 7) is 0. The Morgan fingerprint density at radius 1 is 1.50 bits per heavy atom. The molecule has 0 aromatic carbocycles. The average Bonchev–Trinajstić information content (AvgIpc) is 1.95. The standard InChI is InChI=1S/C6H4BrCl2N/c7-3-5-6(9)4(8)1-2-10-5/h1-2H,3H2. The molecule has 0 aliphatic rings. The third-order valence-corrected chi connectivity index (χ3v) is 2.41. The lowest BCUT2D eigenvalue weighted by Crippen LogP contribution is -1.85. The van der Waals surface area contributed by atoms with E-state index in [1.165, 1.54) is 0 Å². The van der Waals surface area contributed by atoms with Crippen molar-refractivity contribution in [2.45, 2.75) is 5.33 Å². The maximum absolute atomic E-state index is 5.77. The van der Waals surface area contributed by atoms with Crippen LogP contribution in [0, 0.1) is 0 Å². The average molecular weight is 241 g/mol. The molecule has 54 valence electrons. The number of aromatic nitrogens is 1. The summed E-state index contributed by atoms with van der Waals surface area (Å²) >= 11 is 14.7. The Labute approximate surface area is 77.5 Å². The molecule has 0 spiro atoms. The van der Waals surface area contributed by atoms with Crippen LogP contribution in [0.5, 0.6) is 0 Å². The second kappa shape index (κ2) is 3.56. The van der Waals surface area contributed by atoms with Crippen LogP contribution < -0.4 is 0 Å². The lowest BCUT2D eigenvalue weighted by Gasteiger charge is -1.98. The van der Waals surface area contributed by atoms with Gasteiger partial charge in [-0.15, -0.1) is 0 Å². The van der Waals surface area contributed by atoms with Gasteiger partial charge >= 0.3 is 0 Å². The van der Waals surface area contributed by atoms with Gasteiger partial charge in [-0.05, 0) is 6.07 Å². The van der Waals surface area contributed by atoms with Crippen LogP contribution in [0.2, 0.25) is 10.0 Å². The Kier molecular flexibility index (Phi) is 2.96. The Bertz CT molecular complexity index is 239. The summed E-state index contributed by atoms with van der Waals surface area (Å²) in [7, 11) is 0. The van der Waals surface area contributed by atoms with Gasteiger partial charge in [0.25, 0.3) is 0 Å². The summed E-state index contributed by atoms with van der Waals surface area (Å²) in [6, 6.07) is 1.66. The first-order valence-electron chi connectivity index (χ1n) is 2.60. The second-order valence-electron chi connectivity index (χ2n) is 1.69. The van der Waals surface area contributed by atoms with Crippen molar-refractivity contribution in [2.75, 3.05) is 0 Å². The van der Waals surface area contributed by atoms with Gasteiger partial charge in [-0.2, -0.15) is 0 Å². The lowest BCUT2D eigenvalue weighted by atomic mass is 10.4. The quantitative estimate of drug-likeness (QED) is 0.687. The summed E-state index contributed by atoms with van der Waals surface area (Å²) in [5.74, 6) is 0. The monoisotopic (exact) mass is 239 g/mol. The van der Waals surface area contributed by atoms with Crippen molar-refractivity contribution in [2.24, 2.45) is 0 Å². The molecule has 0 radical (unpaired) electrons. The number of rotatable bonds is 1. The SMILES string of the molecule is Clc1ccnc(CBr)c1Cl. The van der Waals surface area contributed by atoms with Gasteiger partial charge in [0.2, 0.25) is 0 Å². The highest BCUT2D eigenvalue weighted by molar-refractivity contribution is 9.08. The summed E-state index contributed by atoms with van der Waals surface area (Å²) in [5, 5.41) is 1.71. The molecular weight excluding hydrogens is 237 g/mol. The minimum absolute atomic E-state index is 0.529. The molecule has 4 heteroatoms. The number of halogens is 3. The summed E-state index contributed by atoms with van der Waals surface area (Å²) in [4.78, 5) is 3.99. The molecule has 0 amide bonds. The van der Waals surface area contributed by atoms with Crippen molar-refractivity contribution >= 4 is 39.1 Å². The molecule has 0 aliphatic carbocycles. The van der Waals surface area contributed by atoms with Crippen LogP contribution in [0.1, 0.15) is 5.69 Å². The number of hydrogen-bond acceptors (Lipinski definition) is 1. The van der Waals surface area contributed by atoms with Crippen molar-refractivity contribution < 1.29 is 0 Å². The van der Waals surface area contributed by atoms with E-state index in [-0.39, 0.29) is 0 Å². The van der Waals surface area contributed by atoms with Crippen molar-refractivity contribution in [3.63, 3.8) is 0 Å². The summed E-state index contributed by atoms with van der Waals surface area (Å²) in [5.41, 5.74) is 0.772. The first kappa shape index (κ1) is 8.31. The second-order valence-corrected chi connectivity index (χ2v) is 3.03. The normalized spacial score (nSPS) is 9.90. The van der Waals surface area contributed by atoms with Crippen LogP contribution in [0.25, 0.3) is 0 Å². The molecule has 0 saturated heterocycles.